The lowest BCUT2D eigenvalue weighted by Crippen LogP contribution is -2.20. The Kier molecular flexibility index (Phi) is 4.30. The molecule has 0 aromatic rings. The zero-order chi connectivity index (χ0) is 8.20. The predicted octanol–water partition coefficient (Wildman–Crippen LogP) is 2.37. The quantitative estimate of drug-likeness (QED) is 0.631. The van der Waals surface area contributed by atoms with Gasteiger partial charge in [0.1, 0.15) is 0 Å². The van der Waals surface area contributed by atoms with E-state index >= 15 is 0 Å². The average molecular weight is 164 g/mol. The molecule has 61 valence electrons. The van der Waals surface area contributed by atoms with Gasteiger partial charge in [0.05, 0.1) is 5.60 Å². The monoisotopic (exact) mass is 163 g/mol. The summed E-state index contributed by atoms with van der Waals surface area (Å²) in [5.41, 5.74) is -0.803. The van der Waals surface area contributed by atoms with Crippen LogP contribution in [-0.2, 0) is 0 Å². The summed E-state index contributed by atoms with van der Waals surface area (Å²) in [6.45, 7) is 7.31. The van der Waals surface area contributed by atoms with Gasteiger partial charge in [0.25, 0.3) is 0 Å². The summed E-state index contributed by atoms with van der Waals surface area (Å²) in [5, 5.41) is 9.38. The van der Waals surface area contributed by atoms with Crippen molar-refractivity contribution in [1.82, 2.24) is 0 Å². The molecule has 2 atom stereocenters. The Morgan fingerprint density at radius 2 is 2.20 bits per heavy atom. The molecule has 0 spiro atoms. The van der Waals surface area contributed by atoms with Crippen LogP contribution in [0.3, 0.4) is 0 Å². The maximum atomic E-state index is 9.19. The maximum absolute atomic E-state index is 9.19. The first kappa shape index (κ1) is 10.2. The normalized spacial score (nSPS) is 15.3. The third-order valence-electron chi connectivity index (χ3n) is 1.44. The molecule has 2 unspecified atom stereocenters. The fourth-order valence-electron chi connectivity index (χ4n) is 0.672. The van der Waals surface area contributed by atoms with Crippen molar-refractivity contribution in [2.24, 2.45) is 0 Å². The second-order valence-corrected chi connectivity index (χ2v) is 3.66. The molecule has 0 rings (SSSR count). The molecule has 0 aliphatic carbocycles. The van der Waals surface area contributed by atoms with E-state index in [2.05, 4.69) is 6.92 Å². The van der Waals surface area contributed by atoms with E-state index in [4.69, 9.17) is 11.6 Å². The summed E-state index contributed by atoms with van der Waals surface area (Å²) in [5.74, 6) is 0. The van der Waals surface area contributed by atoms with Crippen molar-refractivity contribution >= 4 is 11.6 Å². The molecular formula is C8H16ClO. The minimum atomic E-state index is -0.803. The van der Waals surface area contributed by atoms with E-state index < -0.39 is 5.60 Å². The van der Waals surface area contributed by atoms with E-state index in [1.165, 1.54) is 0 Å². The molecule has 1 radical (unpaired) electrons. The van der Waals surface area contributed by atoms with Gasteiger partial charge < -0.3 is 5.11 Å². The van der Waals surface area contributed by atoms with Crippen molar-refractivity contribution in [2.45, 2.75) is 44.1 Å². The van der Waals surface area contributed by atoms with E-state index in [1.54, 1.807) is 6.92 Å². The molecule has 1 N–H and O–H groups in total. The van der Waals surface area contributed by atoms with Gasteiger partial charge in [0.2, 0.25) is 0 Å². The van der Waals surface area contributed by atoms with Gasteiger partial charge in [-0.15, -0.1) is 11.6 Å². The number of aliphatic hydroxyl groups is 1. The highest BCUT2D eigenvalue weighted by Gasteiger charge is 2.14. The first-order valence-electron chi connectivity index (χ1n) is 3.67. The van der Waals surface area contributed by atoms with Crippen LogP contribution in [-0.4, -0.2) is 16.1 Å². The maximum Gasteiger partial charge on any atom is 0.0621 e. The average Bonchev–Trinajstić information content (AvgIpc) is 1.81. The zero-order valence-electron chi connectivity index (χ0n) is 6.73. The van der Waals surface area contributed by atoms with Crippen LogP contribution in [0.25, 0.3) is 0 Å². The molecule has 0 saturated heterocycles. The Morgan fingerprint density at radius 3 is 2.50 bits per heavy atom. The molecule has 0 aliphatic rings. The van der Waals surface area contributed by atoms with Crippen molar-refractivity contribution in [3.63, 3.8) is 0 Å². The standard InChI is InChI=1S/C8H16ClO/c1-4-7(9)5-6-8(2,3)10/h7,10H,2,4-6H2,1,3H3. The molecule has 0 fully saturated rings. The molecule has 2 heteroatoms. The molecule has 0 aromatic carbocycles. The van der Waals surface area contributed by atoms with E-state index in [0.717, 1.165) is 12.8 Å². The lowest BCUT2D eigenvalue weighted by atomic mass is 10.0. The number of hydrogen-bond acceptors (Lipinski definition) is 1. The van der Waals surface area contributed by atoms with Crippen LogP contribution in [0.15, 0.2) is 0 Å². The largest absolute Gasteiger partial charge is 0.390 e. The summed E-state index contributed by atoms with van der Waals surface area (Å²) < 4.78 is 0. The molecule has 0 aromatic heterocycles. The Balaban J connectivity index is 3.36. The molecular weight excluding hydrogens is 148 g/mol. The van der Waals surface area contributed by atoms with Crippen LogP contribution in [0.2, 0.25) is 0 Å². The van der Waals surface area contributed by atoms with Crippen LogP contribution < -0.4 is 0 Å². The molecule has 0 heterocycles. The SMILES string of the molecule is [CH2]C(C)(O)CCC(Cl)CC. The first-order valence-corrected chi connectivity index (χ1v) is 4.11. The summed E-state index contributed by atoms with van der Waals surface area (Å²) in [6.07, 6.45) is 2.47. The summed E-state index contributed by atoms with van der Waals surface area (Å²) in [4.78, 5) is 0. The Morgan fingerprint density at radius 1 is 1.70 bits per heavy atom. The van der Waals surface area contributed by atoms with Crippen LogP contribution in [0.5, 0.6) is 0 Å². The van der Waals surface area contributed by atoms with Crippen molar-refractivity contribution in [3.05, 3.63) is 6.92 Å². The van der Waals surface area contributed by atoms with Crippen LogP contribution >= 0.6 is 11.6 Å². The predicted molar refractivity (Wildman–Crippen MR) is 45.1 cm³/mol. The van der Waals surface area contributed by atoms with Crippen molar-refractivity contribution in [3.8, 4) is 0 Å². The van der Waals surface area contributed by atoms with Crippen molar-refractivity contribution in [1.29, 1.82) is 0 Å². The third kappa shape index (κ3) is 6.37. The number of alkyl halides is 1. The summed E-state index contributed by atoms with van der Waals surface area (Å²) >= 11 is 5.83. The van der Waals surface area contributed by atoms with Gasteiger partial charge in [-0.1, -0.05) is 6.92 Å². The van der Waals surface area contributed by atoms with Gasteiger partial charge >= 0.3 is 0 Å². The van der Waals surface area contributed by atoms with E-state index in [9.17, 15) is 5.11 Å². The molecule has 0 aliphatic heterocycles. The number of halogens is 1. The fraction of sp³-hybridized carbons (Fsp3) is 0.875. The van der Waals surface area contributed by atoms with Crippen LogP contribution in [0, 0.1) is 6.92 Å². The van der Waals surface area contributed by atoms with Crippen molar-refractivity contribution < 1.29 is 5.11 Å². The molecule has 0 amide bonds. The Bertz CT molecular complexity index is 85.7. The lowest BCUT2D eigenvalue weighted by Gasteiger charge is -2.17. The van der Waals surface area contributed by atoms with Gasteiger partial charge in [-0.3, -0.25) is 0 Å². The lowest BCUT2D eigenvalue weighted by molar-refractivity contribution is 0.0960. The highest BCUT2D eigenvalue weighted by molar-refractivity contribution is 6.20. The topological polar surface area (TPSA) is 20.2 Å². The minimum Gasteiger partial charge on any atom is -0.390 e. The second kappa shape index (κ2) is 4.20. The smallest absolute Gasteiger partial charge is 0.0621 e. The van der Waals surface area contributed by atoms with E-state index in [1.807, 2.05) is 6.92 Å². The highest BCUT2D eigenvalue weighted by Crippen LogP contribution is 2.16. The zero-order valence-corrected chi connectivity index (χ0v) is 7.49. The molecule has 0 saturated carbocycles. The second-order valence-electron chi connectivity index (χ2n) is 3.04. The Hall–Kier alpha value is 0.250. The fourth-order valence-corrected chi connectivity index (χ4v) is 0.781. The van der Waals surface area contributed by atoms with Crippen molar-refractivity contribution in [2.75, 3.05) is 0 Å². The highest BCUT2D eigenvalue weighted by atomic mass is 35.5. The van der Waals surface area contributed by atoms with E-state index in [-0.39, 0.29) is 5.38 Å². The van der Waals surface area contributed by atoms with Gasteiger partial charge in [-0.05, 0) is 33.1 Å². The Labute approximate surface area is 68.4 Å². The number of hydrogen-bond donors (Lipinski definition) is 1. The van der Waals surface area contributed by atoms with Crippen LogP contribution in [0.1, 0.15) is 33.1 Å². The first-order chi connectivity index (χ1) is 4.45. The van der Waals surface area contributed by atoms with Gasteiger partial charge in [0.15, 0.2) is 0 Å². The van der Waals surface area contributed by atoms with Gasteiger partial charge in [-0.25, -0.2) is 0 Å². The number of rotatable bonds is 4. The van der Waals surface area contributed by atoms with Crippen LogP contribution in [0.4, 0.5) is 0 Å². The minimum absolute atomic E-state index is 0.188. The van der Waals surface area contributed by atoms with Gasteiger partial charge in [-0.2, -0.15) is 0 Å². The molecule has 1 nitrogen and oxygen atoms in total. The third-order valence-corrected chi connectivity index (χ3v) is 1.97. The molecule has 0 bridgehead atoms. The van der Waals surface area contributed by atoms with E-state index in [0.29, 0.717) is 6.42 Å². The summed E-state index contributed by atoms with van der Waals surface area (Å²) in [7, 11) is 0. The summed E-state index contributed by atoms with van der Waals surface area (Å²) in [6, 6.07) is 0. The van der Waals surface area contributed by atoms with Gasteiger partial charge in [0, 0.05) is 5.38 Å². The molecule has 10 heavy (non-hydrogen) atoms.